The molecule has 2 fully saturated rings. The Morgan fingerprint density at radius 1 is 0.951 bits per heavy atom. The molecule has 0 radical (unpaired) electrons. The summed E-state index contributed by atoms with van der Waals surface area (Å²) in [5.41, 5.74) is 0.329. The summed E-state index contributed by atoms with van der Waals surface area (Å²) in [6.45, 7) is 6.07. The molecular formula is C44H51F3N8O6. The van der Waals surface area contributed by atoms with E-state index in [9.17, 15) is 9.59 Å². The van der Waals surface area contributed by atoms with Crippen LogP contribution in [0.4, 0.5) is 23.8 Å². The van der Waals surface area contributed by atoms with E-state index in [1.54, 1.807) is 50.9 Å². The zero-order valence-electron chi connectivity index (χ0n) is 35.4. The number of halogens is 3. The second-order valence-corrected chi connectivity index (χ2v) is 16.2. The smallest absolute Gasteiger partial charge is 0.411 e. The summed E-state index contributed by atoms with van der Waals surface area (Å²) in [7, 11) is 6.47. The van der Waals surface area contributed by atoms with E-state index in [4.69, 9.17) is 23.9 Å². The van der Waals surface area contributed by atoms with Gasteiger partial charge in [0.1, 0.15) is 35.3 Å². The normalized spacial score (nSPS) is 18.9. The van der Waals surface area contributed by atoms with Crippen molar-refractivity contribution in [1.29, 1.82) is 0 Å². The van der Waals surface area contributed by atoms with Gasteiger partial charge in [-0.05, 0) is 91.3 Å². The number of aromatic nitrogens is 4. The van der Waals surface area contributed by atoms with Crippen molar-refractivity contribution in [3.05, 3.63) is 70.8 Å². The number of aryl methyl sites for hydroxylation is 2. The molecule has 8 rings (SSSR count). The van der Waals surface area contributed by atoms with E-state index in [0.29, 0.717) is 61.8 Å². The quantitative estimate of drug-likeness (QED) is 0.119. The number of amides is 2. The van der Waals surface area contributed by atoms with Crippen LogP contribution in [0.25, 0.3) is 32.8 Å². The molecule has 2 atom stereocenters. The Hall–Kier alpha value is -5.68. The first-order valence-corrected chi connectivity index (χ1v) is 20.8. The van der Waals surface area contributed by atoms with Gasteiger partial charge in [-0.3, -0.25) is 14.4 Å². The molecule has 0 spiro atoms. The summed E-state index contributed by atoms with van der Waals surface area (Å²) in [4.78, 5) is 42.2. The fraction of sp³-hybridized carbons (Fsp3) is 0.477. The van der Waals surface area contributed by atoms with Gasteiger partial charge < -0.3 is 33.6 Å². The van der Waals surface area contributed by atoms with Gasteiger partial charge in [-0.15, -0.1) is 0 Å². The molecule has 5 heterocycles. The number of rotatable bonds is 12. The first-order chi connectivity index (χ1) is 29.4. The Kier molecular flexibility index (Phi) is 11.7. The average molecular weight is 845 g/mol. The van der Waals surface area contributed by atoms with Crippen LogP contribution in [-0.4, -0.2) is 120 Å². The molecule has 61 heavy (non-hydrogen) atoms. The highest BCUT2D eigenvalue weighted by Crippen LogP contribution is 2.45. The molecule has 3 aromatic carbocycles. The summed E-state index contributed by atoms with van der Waals surface area (Å²) in [6, 6.07) is 8.89. The van der Waals surface area contributed by atoms with Crippen molar-refractivity contribution in [3.8, 4) is 22.9 Å². The summed E-state index contributed by atoms with van der Waals surface area (Å²) >= 11 is 0. The van der Waals surface area contributed by atoms with Crippen LogP contribution < -0.4 is 14.4 Å². The molecule has 0 aliphatic carbocycles. The van der Waals surface area contributed by atoms with Crippen molar-refractivity contribution in [2.24, 2.45) is 0 Å². The number of benzene rings is 3. The largest absolute Gasteiger partial charge is 0.468 e. The van der Waals surface area contributed by atoms with Gasteiger partial charge in [0.25, 0.3) is 5.91 Å². The van der Waals surface area contributed by atoms with Gasteiger partial charge >= 0.3 is 12.1 Å². The zero-order valence-corrected chi connectivity index (χ0v) is 35.4. The van der Waals surface area contributed by atoms with Crippen LogP contribution >= 0.6 is 0 Å². The summed E-state index contributed by atoms with van der Waals surface area (Å²) < 4.78 is 75.0. The number of hydrogen-bond acceptors (Lipinski definition) is 11. The fourth-order valence-corrected chi connectivity index (χ4v) is 9.04. The fourth-order valence-electron chi connectivity index (χ4n) is 9.04. The van der Waals surface area contributed by atoms with Crippen LogP contribution in [0.1, 0.15) is 67.7 Å². The van der Waals surface area contributed by atoms with Crippen LogP contribution in [0.15, 0.2) is 36.4 Å². The van der Waals surface area contributed by atoms with Crippen LogP contribution in [0.5, 0.6) is 11.8 Å². The van der Waals surface area contributed by atoms with Gasteiger partial charge in [-0.2, -0.15) is 15.1 Å². The highest BCUT2D eigenvalue weighted by Gasteiger charge is 2.51. The molecule has 0 N–H and O–H groups in total. The second-order valence-electron chi connectivity index (χ2n) is 16.2. The lowest BCUT2D eigenvalue weighted by molar-refractivity contribution is -0.0331. The van der Waals surface area contributed by atoms with Gasteiger partial charge in [0.05, 0.1) is 23.3 Å². The number of fused-ring (bicyclic) bond motifs is 4. The predicted octanol–water partition coefficient (Wildman–Crippen LogP) is 7.14. The number of methoxy groups -OCH3 is 1. The number of anilines is 1. The van der Waals surface area contributed by atoms with E-state index in [1.165, 1.54) is 35.1 Å². The third-order valence-electron chi connectivity index (χ3n) is 12.2. The Balaban J connectivity index is 1.25. The lowest BCUT2D eigenvalue weighted by Gasteiger charge is -2.34. The zero-order chi connectivity index (χ0) is 43.2. The third kappa shape index (κ3) is 7.77. The Morgan fingerprint density at radius 3 is 2.52 bits per heavy atom. The van der Waals surface area contributed by atoms with E-state index < -0.39 is 40.9 Å². The van der Waals surface area contributed by atoms with E-state index in [0.717, 1.165) is 18.5 Å². The molecular weight excluding hydrogens is 794 g/mol. The molecule has 3 aliphatic heterocycles. The topological polar surface area (TPSA) is 128 Å². The minimum absolute atomic E-state index is 0.0944. The van der Waals surface area contributed by atoms with Crippen molar-refractivity contribution in [2.45, 2.75) is 77.2 Å². The maximum absolute atomic E-state index is 17.6. The highest BCUT2D eigenvalue weighted by atomic mass is 19.1. The van der Waals surface area contributed by atoms with Crippen LogP contribution in [0.2, 0.25) is 0 Å². The van der Waals surface area contributed by atoms with Crippen molar-refractivity contribution < 1.29 is 41.7 Å². The summed E-state index contributed by atoms with van der Waals surface area (Å²) in [5.74, 6) is -2.11. The van der Waals surface area contributed by atoms with E-state index >= 15 is 13.2 Å². The monoisotopic (exact) mass is 844 g/mol. The van der Waals surface area contributed by atoms with Gasteiger partial charge in [-0.25, -0.2) is 18.0 Å². The summed E-state index contributed by atoms with van der Waals surface area (Å²) in [6.07, 6.45) is 2.99. The molecule has 324 valence electrons. The molecule has 0 saturated carbocycles. The molecule has 2 aromatic heterocycles. The maximum Gasteiger partial charge on any atom is 0.411 e. The number of ether oxygens (including phenoxy) is 4. The average Bonchev–Trinajstić information content (AvgIpc) is 3.91. The van der Waals surface area contributed by atoms with Crippen molar-refractivity contribution in [2.75, 3.05) is 66.2 Å². The molecule has 14 nitrogen and oxygen atoms in total. The van der Waals surface area contributed by atoms with Crippen LogP contribution in [-0.2, 0) is 29.0 Å². The number of carbonyl (C=O) groups is 2. The molecule has 0 bridgehead atoms. The molecule has 17 heteroatoms. The first kappa shape index (κ1) is 42.0. The Morgan fingerprint density at radius 2 is 1.77 bits per heavy atom. The standard InChI is InChI=1S/C44H51F3N8O6/c1-7-29-32(45)12-11-26-19-28(60-25-58-6)21-30(36(26)29)37-33(46)22-31-39(38(37)47)48-42(59-24-44-14-9-17-54(44)35(13-15-44)61-43(57)52(5)8-2)49-40(31)53-16-10-18-55-27(23-53)20-34(50-55)41(56)51(3)4/h11-12,19-22,35H,7-10,13-18,23-25H2,1-6H3/t35-,44+/m0/s1. The van der Waals surface area contributed by atoms with Crippen LogP contribution in [0.3, 0.4) is 0 Å². The molecule has 0 unspecified atom stereocenters. The third-order valence-corrected chi connectivity index (χ3v) is 12.2. The number of carbonyl (C=O) groups excluding carboxylic acids is 2. The predicted molar refractivity (Wildman–Crippen MR) is 222 cm³/mol. The molecule has 5 aromatic rings. The van der Waals surface area contributed by atoms with Crippen molar-refractivity contribution in [1.82, 2.24) is 34.4 Å². The van der Waals surface area contributed by atoms with Crippen molar-refractivity contribution in [3.63, 3.8) is 0 Å². The van der Waals surface area contributed by atoms with Gasteiger partial charge in [0, 0.05) is 66.2 Å². The van der Waals surface area contributed by atoms with Gasteiger partial charge in [-0.1, -0.05) is 13.0 Å². The van der Waals surface area contributed by atoms with E-state index in [-0.39, 0.29) is 72.0 Å². The highest BCUT2D eigenvalue weighted by molar-refractivity contribution is 6.03. The Bertz CT molecular complexity index is 2500. The maximum atomic E-state index is 17.6. The minimum atomic E-state index is -0.979. The van der Waals surface area contributed by atoms with Gasteiger partial charge in [0.15, 0.2) is 24.5 Å². The molecule has 2 saturated heterocycles. The summed E-state index contributed by atoms with van der Waals surface area (Å²) in [5, 5.41) is 5.55. The van der Waals surface area contributed by atoms with E-state index in [2.05, 4.69) is 15.0 Å². The lowest BCUT2D eigenvalue weighted by Crippen LogP contribution is -2.48. The first-order valence-electron chi connectivity index (χ1n) is 20.8. The molecule has 2 amide bonds. The number of hydrogen-bond donors (Lipinski definition) is 0. The number of nitrogens with zero attached hydrogens (tertiary/aromatic N) is 8. The van der Waals surface area contributed by atoms with E-state index in [1.807, 2.05) is 11.8 Å². The SMILES string of the molecule is CCc1c(F)ccc2cc(OCOC)cc(-c3c(F)cc4c(N5CCCn6nc(C(=O)N(C)C)cc6C5)nc(OC[C@]56CCCN5[C@@H](OC(=O)N(C)CC)CC6)nc4c3F)c12. The second kappa shape index (κ2) is 17.0. The van der Waals surface area contributed by atoms with Gasteiger partial charge in [0.2, 0.25) is 0 Å². The van der Waals surface area contributed by atoms with Crippen LogP contribution in [0, 0.1) is 17.5 Å². The van der Waals surface area contributed by atoms with Crippen molar-refractivity contribution >= 4 is 39.5 Å². The molecule has 3 aliphatic rings. The lowest BCUT2D eigenvalue weighted by atomic mass is 9.91. The Labute approximate surface area is 352 Å². The minimum Gasteiger partial charge on any atom is -0.468 e.